The number of hydrogen-bond donors (Lipinski definition) is 0. The first-order valence-electron chi connectivity index (χ1n) is 3.97. The molecule has 0 spiro atoms. The largest absolute Gasteiger partial charge is 0.298 e. The summed E-state index contributed by atoms with van der Waals surface area (Å²) in [5.41, 5.74) is 0.261. The highest BCUT2D eigenvalue weighted by Crippen LogP contribution is 2.36. The van der Waals surface area contributed by atoms with Crippen molar-refractivity contribution in [2.24, 2.45) is 0 Å². The van der Waals surface area contributed by atoms with Crippen molar-refractivity contribution in [3.05, 3.63) is 0 Å². The Morgan fingerprint density at radius 2 is 2.40 bits per heavy atom. The first kappa shape index (κ1) is 6.35. The average molecular weight is 139 g/mol. The number of carbonyl (C=O) groups is 1. The minimum Gasteiger partial charge on any atom is -0.298 e. The molecule has 0 saturated carbocycles. The number of ketones is 1. The van der Waals surface area contributed by atoms with E-state index in [1.165, 1.54) is 12.8 Å². The molecule has 0 aliphatic carbocycles. The van der Waals surface area contributed by atoms with Crippen LogP contribution in [-0.4, -0.2) is 29.3 Å². The Morgan fingerprint density at radius 1 is 1.60 bits per heavy atom. The first-order valence-corrected chi connectivity index (χ1v) is 3.97. The SMILES string of the molecule is CC12CCCN1CC(=O)C2. The van der Waals surface area contributed by atoms with E-state index in [4.69, 9.17) is 0 Å². The predicted octanol–water partition coefficient (Wildman–Crippen LogP) is 0.814. The van der Waals surface area contributed by atoms with Gasteiger partial charge in [0.15, 0.2) is 0 Å². The van der Waals surface area contributed by atoms with Crippen molar-refractivity contribution in [3.63, 3.8) is 0 Å². The molecule has 0 radical (unpaired) electrons. The minimum atomic E-state index is 0.261. The van der Waals surface area contributed by atoms with Crippen LogP contribution in [0.2, 0.25) is 0 Å². The van der Waals surface area contributed by atoms with Crippen LogP contribution >= 0.6 is 0 Å². The van der Waals surface area contributed by atoms with Gasteiger partial charge in [-0.15, -0.1) is 0 Å². The summed E-state index contributed by atoms with van der Waals surface area (Å²) in [5.74, 6) is 0.433. The standard InChI is InChI=1S/C8H13NO/c1-8-3-2-4-9(8)6-7(10)5-8/h2-6H2,1H3. The molecule has 2 saturated heterocycles. The molecule has 0 amide bonds. The molecule has 2 fully saturated rings. The number of carbonyl (C=O) groups excluding carboxylic acids is 1. The zero-order valence-electron chi connectivity index (χ0n) is 6.39. The minimum absolute atomic E-state index is 0.261. The second kappa shape index (κ2) is 1.82. The Kier molecular flexibility index (Phi) is 1.15. The van der Waals surface area contributed by atoms with Crippen molar-refractivity contribution in [3.8, 4) is 0 Å². The molecule has 1 atom stereocenters. The fraction of sp³-hybridized carbons (Fsp3) is 0.875. The van der Waals surface area contributed by atoms with Crippen molar-refractivity contribution in [2.45, 2.75) is 31.7 Å². The smallest absolute Gasteiger partial charge is 0.148 e. The number of nitrogens with zero attached hydrogens (tertiary/aromatic N) is 1. The van der Waals surface area contributed by atoms with Gasteiger partial charge in [0, 0.05) is 12.0 Å². The summed E-state index contributed by atoms with van der Waals surface area (Å²) < 4.78 is 0. The predicted molar refractivity (Wildman–Crippen MR) is 38.8 cm³/mol. The summed E-state index contributed by atoms with van der Waals surface area (Å²) in [7, 11) is 0. The van der Waals surface area contributed by atoms with Crippen LogP contribution in [0.5, 0.6) is 0 Å². The summed E-state index contributed by atoms with van der Waals surface area (Å²) in [4.78, 5) is 13.3. The topological polar surface area (TPSA) is 20.3 Å². The van der Waals surface area contributed by atoms with E-state index in [0.29, 0.717) is 5.78 Å². The van der Waals surface area contributed by atoms with Crippen molar-refractivity contribution in [1.29, 1.82) is 0 Å². The van der Waals surface area contributed by atoms with Crippen LogP contribution in [0.4, 0.5) is 0 Å². The molecule has 2 heteroatoms. The molecule has 0 bridgehead atoms. The van der Waals surface area contributed by atoms with Crippen LogP contribution in [0.15, 0.2) is 0 Å². The van der Waals surface area contributed by atoms with Gasteiger partial charge in [0.1, 0.15) is 5.78 Å². The number of fused-ring (bicyclic) bond motifs is 1. The molecule has 0 aromatic carbocycles. The maximum absolute atomic E-state index is 11.0. The molecule has 2 heterocycles. The van der Waals surface area contributed by atoms with Gasteiger partial charge >= 0.3 is 0 Å². The van der Waals surface area contributed by atoms with E-state index in [2.05, 4.69) is 11.8 Å². The van der Waals surface area contributed by atoms with Gasteiger partial charge in [0.25, 0.3) is 0 Å². The van der Waals surface area contributed by atoms with Crippen LogP contribution in [0.1, 0.15) is 26.2 Å². The molecule has 10 heavy (non-hydrogen) atoms. The third kappa shape index (κ3) is 0.717. The average Bonchev–Trinajstić information content (AvgIpc) is 2.20. The Morgan fingerprint density at radius 3 is 3.10 bits per heavy atom. The lowest BCUT2D eigenvalue weighted by atomic mass is 9.97. The van der Waals surface area contributed by atoms with E-state index in [-0.39, 0.29) is 5.54 Å². The maximum Gasteiger partial charge on any atom is 0.148 e. The van der Waals surface area contributed by atoms with Crippen LogP contribution in [0.25, 0.3) is 0 Å². The van der Waals surface area contributed by atoms with Crippen molar-refractivity contribution >= 4 is 5.78 Å². The van der Waals surface area contributed by atoms with E-state index in [0.717, 1.165) is 19.5 Å². The van der Waals surface area contributed by atoms with E-state index >= 15 is 0 Å². The highest BCUT2D eigenvalue weighted by molar-refractivity contribution is 5.84. The second-order valence-electron chi connectivity index (χ2n) is 3.74. The van der Waals surface area contributed by atoms with Gasteiger partial charge < -0.3 is 0 Å². The molecule has 2 nitrogen and oxygen atoms in total. The third-order valence-corrected chi connectivity index (χ3v) is 2.85. The van der Waals surface area contributed by atoms with Crippen molar-refractivity contribution in [1.82, 2.24) is 4.90 Å². The summed E-state index contributed by atoms with van der Waals surface area (Å²) in [6.45, 7) is 4.07. The molecular weight excluding hydrogens is 126 g/mol. The Labute approximate surface area is 61.2 Å². The maximum atomic E-state index is 11.0. The van der Waals surface area contributed by atoms with Crippen LogP contribution in [-0.2, 0) is 4.79 Å². The lowest BCUT2D eigenvalue weighted by molar-refractivity contribution is -0.117. The monoisotopic (exact) mass is 139 g/mol. The van der Waals surface area contributed by atoms with Gasteiger partial charge in [-0.3, -0.25) is 9.69 Å². The van der Waals surface area contributed by atoms with Crippen molar-refractivity contribution < 1.29 is 4.79 Å². The lowest BCUT2D eigenvalue weighted by Gasteiger charge is -2.25. The fourth-order valence-electron chi connectivity index (χ4n) is 2.24. The molecule has 2 rings (SSSR count). The van der Waals surface area contributed by atoms with Gasteiger partial charge in [-0.25, -0.2) is 0 Å². The number of rotatable bonds is 0. The van der Waals surface area contributed by atoms with Crippen molar-refractivity contribution in [2.75, 3.05) is 13.1 Å². The summed E-state index contributed by atoms with van der Waals surface area (Å²) >= 11 is 0. The molecule has 0 aromatic heterocycles. The molecule has 56 valence electrons. The van der Waals surface area contributed by atoms with Gasteiger partial charge in [-0.2, -0.15) is 0 Å². The van der Waals surface area contributed by atoms with Gasteiger partial charge in [-0.1, -0.05) is 0 Å². The molecular formula is C8H13NO. The van der Waals surface area contributed by atoms with Gasteiger partial charge in [0.2, 0.25) is 0 Å². The van der Waals surface area contributed by atoms with E-state index in [1.54, 1.807) is 0 Å². The number of Topliss-reactive ketones (excluding diaryl/α,β-unsaturated/α-hetero) is 1. The summed E-state index contributed by atoms with van der Waals surface area (Å²) in [6, 6.07) is 0. The van der Waals surface area contributed by atoms with Gasteiger partial charge in [-0.05, 0) is 26.3 Å². The van der Waals surface area contributed by atoms with E-state index < -0.39 is 0 Å². The highest BCUT2D eigenvalue weighted by Gasteiger charge is 2.43. The molecule has 2 aliphatic rings. The third-order valence-electron chi connectivity index (χ3n) is 2.85. The Bertz CT molecular complexity index is 178. The Balaban J connectivity index is 2.22. The first-order chi connectivity index (χ1) is 4.71. The molecule has 0 aromatic rings. The summed E-state index contributed by atoms with van der Waals surface area (Å²) in [5, 5.41) is 0. The fourth-order valence-corrected chi connectivity index (χ4v) is 2.24. The van der Waals surface area contributed by atoms with Crippen LogP contribution in [0, 0.1) is 0 Å². The van der Waals surface area contributed by atoms with Crippen LogP contribution < -0.4 is 0 Å². The zero-order valence-corrected chi connectivity index (χ0v) is 6.39. The second-order valence-corrected chi connectivity index (χ2v) is 3.74. The quantitative estimate of drug-likeness (QED) is 0.495. The normalized spacial score (nSPS) is 40.7. The van der Waals surface area contributed by atoms with Crippen LogP contribution in [0.3, 0.4) is 0 Å². The lowest BCUT2D eigenvalue weighted by Crippen LogP contribution is -2.34. The Hall–Kier alpha value is -0.370. The highest BCUT2D eigenvalue weighted by atomic mass is 16.1. The summed E-state index contributed by atoms with van der Waals surface area (Å²) in [6.07, 6.45) is 3.30. The van der Waals surface area contributed by atoms with E-state index in [9.17, 15) is 4.79 Å². The number of hydrogen-bond acceptors (Lipinski definition) is 2. The zero-order chi connectivity index (χ0) is 7.19. The van der Waals surface area contributed by atoms with Gasteiger partial charge in [0.05, 0.1) is 6.54 Å². The van der Waals surface area contributed by atoms with E-state index in [1.807, 2.05) is 0 Å². The molecule has 2 aliphatic heterocycles. The molecule has 1 unspecified atom stereocenters. The molecule has 0 N–H and O–H groups in total.